The van der Waals surface area contributed by atoms with E-state index in [4.69, 9.17) is 4.74 Å². The highest BCUT2D eigenvalue weighted by atomic mass is 32.2. The van der Waals surface area contributed by atoms with Crippen molar-refractivity contribution in [3.05, 3.63) is 70.2 Å². The number of rotatable bonds is 7. The van der Waals surface area contributed by atoms with Gasteiger partial charge in [-0.3, -0.25) is 24.5 Å². The first kappa shape index (κ1) is 20.5. The van der Waals surface area contributed by atoms with Crippen LogP contribution in [0.25, 0.3) is 0 Å². The maximum absolute atomic E-state index is 11.6. The first-order valence-corrected chi connectivity index (χ1v) is 9.77. The quantitative estimate of drug-likeness (QED) is 0.321. The van der Waals surface area contributed by atoms with Gasteiger partial charge in [0.1, 0.15) is 5.03 Å². The monoisotopic (exact) mass is 412 g/mol. The van der Waals surface area contributed by atoms with E-state index in [0.29, 0.717) is 11.4 Å². The topological polar surface area (TPSA) is 100 Å². The molecule has 0 unspecified atom stereocenters. The molecule has 1 aromatic carbocycles. The lowest BCUT2D eigenvalue weighted by Crippen LogP contribution is -2.10. The Bertz CT molecular complexity index is 1030. The van der Waals surface area contributed by atoms with Crippen molar-refractivity contribution < 1.29 is 14.5 Å². The molecular weight excluding hydrogens is 392 g/mol. The average molecular weight is 412 g/mol. The summed E-state index contributed by atoms with van der Waals surface area (Å²) < 4.78 is 7.18. The normalized spacial score (nSPS) is 10.9. The molecule has 0 aliphatic rings. The smallest absolute Gasteiger partial charge is 0.310 e. The van der Waals surface area contributed by atoms with E-state index in [1.54, 1.807) is 24.5 Å². The van der Waals surface area contributed by atoms with Gasteiger partial charge in [0.2, 0.25) is 0 Å². The number of non-ortho nitro benzene ring substituents is 1. The van der Waals surface area contributed by atoms with Crippen LogP contribution in [-0.2, 0) is 11.3 Å². The summed E-state index contributed by atoms with van der Waals surface area (Å²) in [5.74, 6) is -0.405. The number of imidazole rings is 1. The fourth-order valence-corrected chi connectivity index (χ4v) is 3.90. The summed E-state index contributed by atoms with van der Waals surface area (Å²) >= 11 is 1.36. The van der Waals surface area contributed by atoms with Crippen molar-refractivity contribution in [2.45, 2.75) is 43.2 Å². The van der Waals surface area contributed by atoms with Gasteiger partial charge in [0.05, 0.1) is 17.2 Å². The minimum absolute atomic E-state index is 0.0153. The second-order valence-electron chi connectivity index (χ2n) is 6.63. The first-order valence-electron chi connectivity index (χ1n) is 8.95. The molecule has 0 saturated heterocycles. The van der Waals surface area contributed by atoms with Crippen molar-refractivity contribution in [3.63, 3.8) is 0 Å². The molecule has 0 aliphatic carbocycles. The van der Waals surface area contributed by atoms with Gasteiger partial charge in [-0.15, -0.1) is 0 Å². The van der Waals surface area contributed by atoms with Crippen molar-refractivity contribution in [1.82, 2.24) is 14.5 Å². The van der Waals surface area contributed by atoms with Crippen LogP contribution in [0.4, 0.5) is 5.69 Å². The van der Waals surface area contributed by atoms with Crippen LogP contribution in [-0.4, -0.2) is 25.4 Å². The number of carbonyl (C=O) groups is 1. The zero-order chi connectivity index (χ0) is 21.0. The van der Waals surface area contributed by atoms with Gasteiger partial charge in [-0.1, -0.05) is 31.7 Å². The highest BCUT2D eigenvalue weighted by Gasteiger charge is 2.23. The van der Waals surface area contributed by atoms with Crippen LogP contribution in [0.5, 0.6) is 6.01 Å². The van der Waals surface area contributed by atoms with Crippen LogP contribution in [0.3, 0.4) is 0 Å². The van der Waals surface area contributed by atoms with Gasteiger partial charge in [-0.05, 0) is 29.7 Å². The van der Waals surface area contributed by atoms with Crippen LogP contribution < -0.4 is 4.74 Å². The molecule has 0 fully saturated rings. The number of hydrogen-bond acceptors (Lipinski definition) is 7. The molecule has 0 saturated carbocycles. The van der Waals surface area contributed by atoms with Crippen molar-refractivity contribution in [3.8, 4) is 6.01 Å². The van der Waals surface area contributed by atoms with Crippen molar-refractivity contribution >= 4 is 23.4 Å². The standard InChI is InChI=1S/C20H20N4O4S/c1-13(2)18-19(29-17-6-4-5-16(11-17)24(26)27)23(20(22-18)28-14(3)25)12-15-7-9-21-10-8-15/h4-11,13H,12H2,1-3H3. The maximum Gasteiger partial charge on any atom is 0.310 e. The van der Waals surface area contributed by atoms with Crippen LogP contribution in [0.1, 0.15) is 37.9 Å². The first-order chi connectivity index (χ1) is 13.8. The molecule has 150 valence electrons. The summed E-state index contributed by atoms with van der Waals surface area (Å²) in [5, 5.41) is 11.9. The molecule has 0 aliphatic heterocycles. The van der Waals surface area contributed by atoms with E-state index in [1.807, 2.05) is 30.5 Å². The second-order valence-corrected chi connectivity index (χ2v) is 7.69. The lowest BCUT2D eigenvalue weighted by molar-refractivity contribution is -0.385. The number of pyridine rings is 1. The van der Waals surface area contributed by atoms with E-state index in [0.717, 1.165) is 16.3 Å². The molecule has 2 heterocycles. The highest BCUT2D eigenvalue weighted by molar-refractivity contribution is 7.99. The summed E-state index contributed by atoms with van der Waals surface area (Å²) in [7, 11) is 0. The molecule has 0 amide bonds. The van der Waals surface area contributed by atoms with E-state index in [9.17, 15) is 14.9 Å². The third-order valence-electron chi connectivity index (χ3n) is 4.03. The van der Waals surface area contributed by atoms with E-state index in [2.05, 4.69) is 9.97 Å². The molecule has 3 rings (SSSR count). The molecular formula is C20H20N4O4S. The zero-order valence-electron chi connectivity index (χ0n) is 16.2. The van der Waals surface area contributed by atoms with E-state index < -0.39 is 10.9 Å². The number of ether oxygens (including phenoxy) is 1. The third-order valence-corrected chi connectivity index (χ3v) is 5.14. The van der Waals surface area contributed by atoms with Crippen LogP contribution in [0, 0.1) is 10.1 Å². The van der Waals surface area contributed by atoms with E-state index in [-0.39, 0.29) is 17.6 Å². The third kappa shape index (κ3) is 5.00. The molecule has 0 N–H and O–H groups in total. The number of nitro benzene ring substituents is 1. The Kier molecular flexibility index (Phi) is 6.28. The number of benzene rings is 1. The molecule has 29 heavy (non-hydrogen) atoms. The Hall–Kier alpha value is -3.20. The van der Waals surface area contributed by atoms with E-state index >= 15 is 0 Å². The Morgan fingerprint density at radius 2 is 2.00 bits per heavy atom. The Morgan fingerprint density at radius 1 is 1.28 bits per heavy atom. The fraction of sp³-hybridized carbons (Fsp3) is 0.250. The lowest BCUT2D eigenvalue weighted by atomic mass is 10.1. The fourth-order valence-electron chi connectivity index (χ4n) is 2.71. The summed E-state index contributed by atoms with van der Waals surface area (Å²) in [6, 6.07) is 10.4. The molecule has 2 aromatic heterocycles. The minimum Gasteiger partial charge on any atom is -0.392 e. The molecule has 0 spiro atoms. The largest absolute Gasteiger partial charge is 0.392 e. The Morgan fingerprint density at radius 3 is 2.62 bits per heavy atom. The number of esters is 1. The second kappa shape index (κ2) is 8.87. The van der Waals surface area contributed by atoms with E-state index in [1.165, 1.54) is 30.8 Å². The number of carbonyl (C=O) groups excluding carboxylic acids is 1. The zero-order valence-corrected chi connectivity index (χ0v) is 17.0. The van der Waals surface area contributed by atoms with Gasteiger partial charge in [-0.2, -0.15) is 4.98 Å². The molecule has 3 aromatic rings. The van der Waals surface area contributed by atoms with Crippen LogP contribution in [0.15, 0.2) is 58.7 Å². The Labute approximate surface area is 172 Å². The minimum atomic E-state index is -0.465. The molecule has 0 atom stereocenters. The van der Waals surface area contributed by atoms with Gasteiger partial charge < -0.3 is 4.74 Å². The predicted molar refractivity (Wildman–Crippen MR) is 108 cm³/mol. The Balaban J connectivity index is 2.09. The summed E-state index contributed by atoms with van der Waals surface area (Å²) in [4.78, 5) is 31.6. The molecule has 9 heteroatoms. The van der Waals surface area contributed by atoms with Crippen molar-refractivity contribution in [2.24, 2.45) is 0 Å². The number of aromatic nitrogens is 3. The van der Waals surface area contributed by atoms with Crippen molar-refractivity contribution in [1.29, 1.82) is 0 Å². The molecule has 0 radical (unpaired) electrons. The molecule has 8 nitrogen and oxygen atoms in total. The number of nitro groups is 1. The van der Waals surface area contributed by atoms with Gasteiger partial charge in [0.15, 0.2) is 0 Å². The lowest BCUT2D eigenvalue weighted by Gasteiger charge is -2.12. The van der Waals surface area contributed by atoms with Gasteiger partial charge >= 0.3 is 12.0 Å². The molecule has 0 bridgehead atoms. The van der Waals surface area contributed by atoms with Gasteiger partial charge in [0.25, 0.3) is 5.69 Å². The highest BCUT2D eigenvalue weighted by Crippen LogP contribution is 2.38. The summed E-state index contributed by atoms with van der Waals surface area (Å²) in [6.07, 6.45) is 3.38. The number of hydrogen-bond donors (Lipinski definition) is 0. The predicted octanol–water partition coefficient (Wildman–Crippen LogP) is 4.43. The van der Waals surface area contributed by atoms with Gasteiger partial charge in [-0.25, -0.2) is 0 Å². The average Bonchev–Trinajstić information content (AvgIpc) is 2.99. The summed E-state index contributed by atoms with van der Waals surface area (Å²) in [5.41, 5.74) is 1.73. The maximum atomic E-state index is 11.6. The SMILES string of the molecule is CC(=O)Oc1nc(C(C)C)c(Sc2cccc([N+](=O)[O-])c2)n1Cc1ccncc1. The summed E-state index contributed by atoms with van der Waals surface area (Å²) in [6.45, 7) is 5.73. The van der Waals surface area contributed by atoms with Crippen LogP contribution in [0.2, 0.25) is 0 Å². The van der Waals surface area contributed by atoms with Gasteiger partial charge in [0, 0.05) is 36.3 Å². The van der Waals surface area contributed by atoms with Crippen molar-refractivity contribution in [2.75, 3.05) is 0 Å². The number of nitrogens with zero attached hydrogens (tertiary/aromatic N) is 4. The van der Waals surface area contributed by atoms with Crippen LogP contribution >= 0.6 is 11.8 Å².